The fraction of sp³-hybridized carbons (Fsp3) is 0.375. The van der Waals surface area contributed by atoms with Gasteiger partial charge in [0.25, 0.3) is 5.56 Å². The fourth-order valence-electron chi connectivity index (χ4n) is 0.863. The zero-order valence-electron chi connectivity index (χ0n) is 9.78. The molecule has 0 aliphatic carbocycles. The van der Waals surface area contributed by atoms with Gasteiger partial charge >= 0.3 is 5.97 Å². The molecule has 0 amide bonds. The third-order valence-corrected chi connectivity index (χ3v) is 1.54. The van der Waals surface area contributed by atoms with Gasteiger partial charge in [-0.3, -0.25) is 9.36 Å². The Bertz CT molecular complexity index is 472. The number of hydrogen-bond donors (Lipinski definition) is 1. The number of aromatic carboxylic acids is 1. The second-order valence-corrected chi connectivity index (χ2v) is 2.39. The first kappa shape index (κ1) is 5.90. The lowest BCUT2D eigenvalue weighted by molar-refractivity contribution is 0.0692. The van der Waals surface area contributed by atoms with E-state index in [1.807, 2.05) is 0 Å². The van der Waals surface area contributed by atoms with Crippen LogP contribution < -0.4 is 5.56 Å². The van der Waals surface area contributed by atoms with Crippen molar-refractivity contribution >= 4 is 5.97 Å². The van der Waals surface area contributed by atoms with Gasteiger partial charge in [0, 0.05) is 11.1 Å². The van der Waals surface area contributed by atoms with Crippen LogP contribution in [0, 0.1) is 13.8 Å². The smallest absolute Gasteiger partial charge is 0.343 e. The lowest BCUT2D eigenvalue weighted by Crippen LogP contribution is -2.28. The van der Waals surface area contributed by atoms with Crippen LogP contribution >= 0.6 is 0 Å². The van der Waals surface area contributed by atoms with Crippen LogP contribution in [0.2, 0.25) is 0 Å². The molecule has 0 aromatic carbocycles. The third kappa shape index (κ3) is 1.44. The van der Waals surface area contributed by atoms with Crippen LogP contribution in [0.3, 0.4) is 0 Å². The van der Waals surface area contributed by atoms with Gasteiger partial charge in [0.2, 0.25) is 0 Å². The number of hydrogen-bond acceptors (Lipinski definition) is 3. The Morgan fingerprint density at radius 3 is 2.85 bits per heavy atom. The van der Waals surface area contributed by atoms with E-state index in [9.17, 15) is 9.59 Å². The van der Waals surface area contributed by atoms with Crippen LogP contribution in [-0.2, 0) is 7.02 Å². The molecule has 1 aromatic rings. The number of carboxylic acids is 1. The quantitative estimate of drug-likeness (QED) is 0.673. The van der Waals surface area contributed by atoms with E-state index in [0.29, 0.717) is 0 Å². The van der Waals surface area contributed by atoms with Gasteiger partial charge in [0.05, 0.1) is 5.69 Å². The lowest BCUT2D eigenvalue weighted by Gasteiger charge is -2.05. The highest BCUT2D eigenvalue weighted by molar-refractivity contribution is 5.88. The van der Waals surface area contributed by atoms with Crippen molar-refractivity contribution in [2.24, 2.45) is 7.02 Å². The number of aryl methyl sites for hydroxylation is 2. The summed E-state index contributed by atoms with van der Waals surface area (Å²) < 4.78 is 22.1. The maximum atomic E-state index is 11.7. The Labute approximate surface area is 78.9 Å². The van der Waals surface area contributed by atoms with E-state index in [4.69, 9.17) is 9.22 Å². The molecule has 0 aliphatic heterocycles. The van der Waals surface area contributed by atoms with Crippen molar-refractivity contribution in [2.45, 2.75) is 13.8 Å². The Morgan fingerprint density at radius 2 is 2.38 bits per heavy atom. The molecule has 0 fully saturated rings. The van der Waals surface area contributed by atoms with E-state index in [1.54, 1.807) is 0 Å². The van der Waals surface area contributed by atoms with Crippen LogP contribution in [0.15, 0.2) is 4.79 Å². The summed E-state index contributed by atoms with van der Waals surface area (Å²) >= 11 is 0. The largest absolute Gasteiger partial charge is 0.477 e. The van der Waals surface area contributed by atoms with Crippen LogP contribution in [0.4, 0.5) is 0 Å². The van der Waals surface area contributed by atoms with Crippen molar-refractivity contribution in [3.05, 3.63) is 27.4 Å². The summed E-state index contributed by atoms with van der Waals surface area (Å²) in [4.78, 5) is 26.2. The average Bonchev–Trinajstić information content (AvgIpc) is 2.26. The third-order valence-electron chi connectivity index (χ3n) is 1.54. The zero-order chi connectivity index (χ0) is 12.3. The first-order valence-corrected chi connectivity index (χ1v) is 3.30. The first-order valence-electron chi connectivity index (χ1n) is 5.42. The van der Waals surface area contributed by atoms with Crippen LogP contribution in [0.25, 0.3) is 0 Å². The molecule has 0 bridgehead atoms. The SMILES string of the molecule is [2H]Cc1nc(C[2H])n(C[2H])c(=O)c1C(=O)O. The number of nitrogens with zero attached hydrogens (tertiary/aromatic N) is 2. The standard InChI is InChI=1S/C8H10N2O3/c1-4-6(8(12)13)7(11)10(3)5(2)9-4/h1-3H3,(H,12,13)/i1D,2D,3D. The molecule has 0 unspecified atom stereocenters. The predicted molar refractivity (Wildman–Crippen MR) is 45.9 cm³/mol. The van der Waals surface area contributed by atoms with E-state index < -0.39 is 31.0 Å². The Hall–Kier alpha value is -1.65. The summed E-state index contributed by atoms with van der Waals surface area (Å²) in [5.41, 5.74) is -1.62. The molecule has 0 aliphatic rings. The molecule has 0 atom stereocenters. The summed E-state index contributed by atoms with van der Waals surface area (Å²) in [6.45, 7) is -0.774. The van der Waals surface area contributed by atoms with E-state index in [2.05, 4.69) is 4.98 Å². The highest BCUT2D eigenvalue weighted by Crippen LogP contribution is 1.99. The van der Waals surface area contributed by atoms with E-state index in [1.165, 1.54) is 0 Å². The second-order valence-electron chi connectivity index (χ2n) is 2.39. The highest BCUT2D eigenvalue weighted by Gasteiger charge is 2.15. The van der Waals surface area contributed by atoms with Gasteiger partial charge in [-0.2, -0.15) is 0 Å². The van der Waals surface area contributed by atoms with Crippen molar-refractivity contribution in [1.82, 2.24) is 9.55 Å². The molecular formula is C8H10N2O3. The van der Waals surface area contributed by atoms with Gasteiger partial charge in [-0.05, 0) is 13.8 Å². The van der Waals surface area contributed by atoms with Crippen molar-refractivity contribution < 1.29 is 14.0 Å². The molecule has 0 saturated carbocycles. The molecule has 13 heavy (non-hydrogen) atoms. The van der Waals surface area contributed by atoms with Crippen LogP contribution in [0.5, 0.6) is 0 Å². The molecule has 1 aromatic heterocycles. The molecule has 1 N–H and O–H groups in total. The highest BCUT2D eigenvalue weighted by atomic mass is 16.4. The topological polar surface area (TPSA) is 72.2 Å². The fourth-order valence-corrected chi connectivity index (χ4v) is 0.863. The lowest BCUT2D eigenvalue weighted by atomic mass is 10.2. The van der Waals surface area contributed by atoms with Gasteiger partial charge < -0.3 is 5.11 Å². The zero-order valence-corrected chi connectivity index (χ0v) is 6.78. The minimum Gasteiger partial charge on any atom is -0.477 e. The minimum atomic E-state index is -1.46. The maximum Gasteiger partial charge on any atom is 0.343 e. The molecular weight excluding hydrogens is 172 g/mol. The van der Waals surface area contributed by atoms with Gasteiger partial charge in [-0.25, -0.2) is 9.78 Å². The summed E-state index contributed by atoms with van der Waals surface area (Å²) in [5, 5.41) is 8.82. The van der Waals surface area contributed by atoms with Gasteiger partial charge in [0.1, 0.15) is 11.4 Å². The molecule has 5 heteroatoms. The van der Waals surface area contributed by atoms with Crippen molar-refractivity contribution in [3.63, 3.8) is 0 Å². The summed E-state index contributed by atoms with van der Waals surface area (Å²) in [6, 6.07) is 0. The molecule has 1 heterocycles. The molecule has 1 rings (SSSR count). The molecule has 70 valence electrons. The van der Waals surface area contributed by atoms with Gasteiger partial charge in [-0.15, -0.1) is 0 Å². The van der Waals surface area contributed by atoms with Crippen molar-refractivity contribution in [2.75, 3.05) is 0 Å². The number of carbonyl (C=O) groups is 1. The van der Waals surface area contributed by atoms with Crippen molar-refractivity contribution in [3.8, 4) is 0 Å². The Morgan fingerprint density at radius 1 is 1.62 bits per heavy atom. The normalized spacial score (nSPS) is 13.1. The monoisotopic (exact) mass is 185 g/mol. The van der Waals surface area contributed by atoms with E-state index >= 15 is 0 Å². The molecule has 0 radical (unpaired) electrons. The van der Waals surface area contributed by atoms with Gasteiger partial charge in [-0.1, -0.05) is 0 Å². The van der Waals surface area contributed by atoms with Crippen LogP contribution in [-0.4, -0.2) is 20.6 Å². The van der Waals surface area contributed by atoms with Gasteiger partial charge in [0.15, 0.2) is 0 Å². The van der Waals surface area contributed by atoms with E-state index in [0.717, 1.165) is 4.57 Å². The minimum absolute atomic E-state index is 0.00671. The van der Waals surface area contributed by atoms with Crippen LogP contribution in [0.1, 0.15) is 26.0 Å². The van der Waals surface area contributed by atoms with Crippen molar-refractivity contribution in [1.29, 1.82) is 0 Å². The Balaban J connectivity index is 3.62. The molecule has 5 nitrogen and oxygen atoms in total. The number of rotatable bonds is 1. The first-order chi connectivity index (χ1) is 7.56. The second kappa shape index (κ2) is 3.01. The Kier molecular flexibility index (Phi) is 1.37. The summed E-state index contributed by atoms with van der Waals surface area (Å²) in [5.74, 6) is -1.45. The summed E-state index contributed by atoms with van der Waals surface area (Å²) in [6.07, 6.45) is 0. The average molecular weight is 185 g/mol. The maximum absolute atomic E-state index is 11.7. The number of carboxylic acid groups (broad SMARTS) is 1. The van der Waals surface area contributed by atoms with E-state index in [-0.39, 0.29) is 18.4 Å². The molecule has 0 saturated heterocycles. The summed E-state index contributed by atoms with van der Waals surface area (Å²) in [7, 11) is -0.487. The molecule has 0 spiro atoms. The predicted octanol–water partition coefficient (Wildman–Crippen LogP) is 0.0953. The number of aromatic nitrogens is 2.